The molecule has 15 heavy (non-hydrogen) atoms. The van der Waals surface area contributed by atoms with Crippen LogP contribution in [0.25, 0.3) is 0 Å². The third-order valence-corrected chi connectivity index (χ3v) is 3.54. The minimum atomic E-state index is -0.675. The van der Waals surface area contributed by atoms with Crippen LogP contribution in [0.4, 0.5) is 0 Å². The lowest BCUT2D eigenvalue weighted by molar-refractivity contribution is -0.125. The van der Waals surface area contributed by atoms with Crippen molar-refractivity contribution in [1.29, 1.82) is 0 Å². The van der Waals surface area contributed by atoms with E-state index in [1.165, 1.54) is 0 Å². The van der Waals surface area contributed by atoms with Gasteiger partial charge >= 0.3 is 0 Å². The van der Waals surface area contributed by atoms with Gasteiger partial charge in [0.15, 0.2) is 0 Å². The van der Waals surface area contributed by atoms with Gasteiger partial charge in [0.1, 0.15) is 5.01 Å². The van der Waals surface area contributed by atoms with Gasteiger partial charge in [0.2, 0.25) is 5.91 Å². The minimum Gasteiger partial charge on any atom is -0.368 e. The van der Waals surface area contributed by atoms with Crippen LogP contribution in [0, 0.1) is 5.92 Å². The maximum atomic E-state index is 11.4. The van der Waals surface area contributed by atoms with E-state index in [9.17, 15) is 4.79 Å². The second kappa shape index (κ2) is 4.72. The molecule has 0 fully saturated rings. The van der Waals surface area contributed by atoms with Gasteiger partial charge in [-0.1, -0.05) is 13.8 Å². The van der Waals surface area contributed by atoms with E-state index in [0.29, 0.717) is 6.54 Å². The highest BCUT2D eigenvalue weighted by Crippen LogP contribution is 2.17. The summed E-state index contributed by atoms with van der Waals surface area (Å²) in [5, 5.41) is 6.04. The van der Waals surface area contributed by atoms with Crippen molar-refractivity contribution >= 4 is 17.2 Å². The molecule has 3 N–H and O–H groups in total. The molecule has 1 unspecified atom stereocenters. The molecule has 0 radical (unpaired) electrons. The van der Waals surface area contributed by atoms with Gasteiger partial charge in [-0.25, -0.2) is 4.98 Å². The molecule has 1 heterocycles. The fourth-order valence-electron chi connectivity index (χ4n) is 1.18. The lowest BCUT2D eigenvalue weighted by Crippen LogP contribution is -2.56. The number of primary amides is 1. The van der Waals surface area contributed by atoms with Crippen LogP contribution in [0.5, 0.6) is 0 Å². The first-order valence-electron chi connectivity index (χ1n) is 4.90. The van der Waals surface area contributed by atoms with E-state index in [1.807, 2.05) is 26.2 Å². The van der Waals surface area contributed by atoms with Crippen molar-refractivity contribution in [3.8, 4) is 0 Å². The highest BCUT2D eigenvalue weighted by molar-refractivity contribution is 7.09. The van der Waals surface area contributed by atoms with Gasteiger partial charge < -0.3 is 5.73 Å². The number of carbonyl (C=O) groups excluding carboxylic acids is 1. The molecule has 0 aromatic carbocycles. The maximum absolute atomic E-state index is 11.4. The number of amides is 1. The summed E-state index contributed by atoms with van der Waals surface area (Å²) in [4.78, 5) is 15.5. The standard InChI is InChI=1S/C10H17N3OS/c1-7(2)10(3,9(11)14)13-6-8-12-4-5-15-8/h4-5,7,13H,6H2,1-3H3,(H2,11,14). The molecule has 0 aliphatic heterocycles. The number of nitrogens with zero attached hydrogens (tertiary/aromatic N) is 1. The summed E-state index contributed by atoms with van der Waals surface area (Å²) < 4.78 is 0. The maximum Gasteiger partial charge on any atom is 0.237 e. The Morgan fingerprint density at radius 3 is 2.80 bits per heavy atom. The molecule has 0 bridgehead atoms. The van der Waals surface area contributed by atoms with E-state index in [2.05, 4.69) is 10.3 Å². The van der Waals surface area contributed by atoms with Gasteiger partial charge in [0.25, 0.3) is 0 Å². The number of aromatic nitrogens is 1. The third kappa shape index (κ3) is 2.76. The van der Waals surface area contributed by atoms with Gasteiger partial charge in [-0.05, 0) is 12.8 Å². The predicted molar refractivity (Wildman–Crippen MR) is 61.4 cm³/mol. The van der Waals surface area contributed by atoms with E-state index in [-0.39, 0.29) is 11.8 Å². The van der Waals surface area contributed by atoms with E-state index < -0.39 is 5.54 Å². The molecule has 0 saturated heterocycles. The first kappa shape index (κ1) is 12.1. The van der Waals surface area contributed by atoms with Crippen LogP contribution in [-0.2, 0) is 11.3 Å². The lowest BCUT2D eigenvalue weighted by atomic mass is 9.88. The topological polar surface area (TPSA) is 68.0 Å². The Kier molecular flexibility index (Phi) is 3.82. The Morgan fingerprint density at radius 1 is 1.73 bits per heavy atom. The van der Waals surface area contributed by atoms with Gasteiger partial charge in [0, 0.05) is 18.1 Å². The summed E-state index contributed by atoms with van der Waals surface area (Å²) in [5.41, 5.74) is 4.72. The summed E-state index contributed by atoms with van der Waals surface area (Å²) >= 11 is 1.56. The summed E-state index contributed by atoms with van der Waals surface area (Å²) in [7, 11) is 0. The Balaban J connectivity index is 2.64. The van der Waals surface area contributed by atoms with Crippen LogP contribution < -0.4 is 11.1 Å². The van der Waals surface area contributed by atoms with Crippen LogP contribution in [0.1, 0.15) is 25.8 Å². The van der Waals surface area contributed by atoms with E-state index in [1.54, 1.807) is 17.5 Å². The lowest BCUT2D eigenvalue weighted by Gasteiger charge is -2.31. The van der Waals surface area contributed by atoms with Gasteiger partial charge in [-0.3, -0.25) is 10.1 Å². The number of carbonyl (C=O) groups is 1. The summed E-state index contributed by atoms with van der Waals surface area (Å²) in [6.45, 7) is 6.35. The monoisotopic (exact) mass is 227 g/mol. The average Bonchev–Trinajstić information content (AvgIpc) is 2.65. The van der Waals surface area contributed by atoms with Crippen molar-refractivity contribution < 1.29 is 4.79 Å². The van der Waals surface area contributed by atoms with Crippen molar-refractivity contribution in [1.82, 2.24) is 10.3 Å². The Bertz CT molecular complexity index is 323. The zero-order valence-electron chi connectivity index (χ0n) is 9.28. The Labute approximate surface area is 93.9 Å². The molecule has 1 aromatic rings. The number of thiazole rings is 1. The number of hydrogen-bond donors (Lipinski definition) is 2. The van der Waals surface area contributed by atoms with Gasteiger partial charge in [0.05, 0.1) is 5.54 Å². The van der Waals surface area contributed by atoms with Crippen LogP contribution in [-0.4, -0.2) is 16.4 Å². The third-order valence-electron chi connectivity index (χ3n) is 2.76. The average molecular weight is 227 g/mol. The van der Waals surface area contributed by atoms with Crippen molar-refractivity contribution in [3.63, 3.8) is 0 Å². The normalized spacial score (nSPS) is 15.2. The molecule has 84 valence electrons. The molecular formula is C10H17N3OS. The molecule has 5 heteroatoms. The smallest absolute Gasteiger partial charge is 0.237 e. The Morgan fingerprint density at radius 2 is 2.40 bits per heavy atom. The molecule has 1 atom stereocenters. The number of hydrogen-bond acceptors (Lipinski definition) is 4. The van der Waals surface area contributed by atoms with Crippen molar-refractivity contribution in [2.75, 3.05) is 0 Å². The fourth-order valence-corrected chi connectivity index (χ4v) is 1.73. The first-order chi connectivity index (χ1) is 6.97. The molecule has 0 aliphatic rings. The first-order valence-corrected chi connectivity index (χ1v) is 5.78. The SMILES string of the molecule is CC(C)C(C)(NCc1nccs1)C(N)=O. The molecule has 0 aliphatic carbocycles. The van der Waals surface area contributed by atoms with E-state index >= 15 is 0 Å². The van der Waals surface area contributed by atoms with Crippen molar-refractivity contribution in [3.05, 3.63) is 16.6 Å². The Hall–Kier alpha value is -0.940. The van der Waals surface area contributed by atoms with Crippen LogP contribution in [0.15, 0.2) is 11.6 Å². The second-order valence-electron chi connectivity index (χ2n) is 4.00. The molecule has 0 spiro atoms. The fraction of sp³-hybridized carbons (Fsp3) is 0.600. The minimum absolute atomic E-state index is 0.148. The summed E-state index contributed by atoms with van der Waals surface area (Å²) in [6, 6.07) is 0. The van der Waals surface area contributed by atoms with Gasteiger partial charge in [-0.2, -0.15) is 0 Å². The highest BCUT2D eigenvalue weighted by Gasteiger charge is 2.34. The highest BCUT2D eigenvalue weighted by atomic mass is 32.1. The molecule has 4 nitrogen and oxygen atoms in total. The van der Waals surface area contributed by atoms with Crippen molar-refractivity contribution in [2.24, 2.45) is 11.7 Å². The molecule has 1 rings (SSSR count). The molecule has 1 aromatic heterocycles. The molecule has 0 saturated carbocycles. The number of nitrogens with one attached hydrogen (secondary N) is 1. The number of nitrogens with two attached hydrogens (primary N) is 1. The zero-order chi connectivity index (χ0) is 11.5. The zero-order valence-corrected chi connectivity index (χ0v) is 10.1. The van der Waals surface area contributed by atoms with Crippen LogP contribution in [0.3, 0.4) is 0 Å². The second-order valence-corrected chi connectivity index (χ2v) is 4.98. The largest absolute Gasteiger partial charge is 0.368 e. The predicted octanol–water partition coefficient (Wildman–Crippen LogP) is 1.13. The van der Waals surface area contributed by atoms with E-state index in [0.717, 1.165) is 5.01 Å². The van der Waals surface area contributed by atoms with Crippen LogP contribution in [0.2, 0.25) is 0 Å². The number of rotatable bonds is 5. The van der Waals surface area contributed by atoms with Gasteiger partial charge in [-0.15, -0.1) is 11.3 Å². The summed E-state index contributed by atoms with van der Waals surface area (Å²) in [6.07, 6.45) is 1.75. The quantitative estimate of drug-likeness (QED) is 0.792. The summed E-state index contributed by atoms with van der Waals surface area (Å²) in [5.74, 6) is -0.177. The van der Waals surface area contributed by atoms with Crippen molar-refractivity contribution in [2.45, 2.75) is 32.9 Å². The molecular weight excluding hydrogens is 210 g/mol. The molecule has 1 amide bonds. The van der Waals surface area contributed by atoms with E-state index in [4.69, 9.17) is 5.73 Å². The van der Waals surface area contributed by atoms with Crippen LogP contribution >= 0.6 is 11.3 Å².